The first-order valence-corrected chi connectivity index (χ1v) is 5.17. The number of hydrogen-bond donors (Lipinski definition) is 1. The van der Waals surface area contributed by atoms with Gasteiger partial charge in [0, 0.05) is 11.8 Å². The molecule has 0 aliphatic heterocycles. The Hall–Kier alpha value is 0.310. The van der Waals surface area contributed by atoms with Crippen molar-refractivity contribution in [3.63, 3.8) is 0 Å². The van der Waals surface area contributed by atoms with Crippen LogP contribution in [0.2, 0.25) is 0 Å². The molecule has 0 aromatic heterocycles. The Labute approximate surface area is 69.1 Å². The zero-order valence-corrected chi connectivity index (χ0v) is 8.13. The molecule has 0 radical (unpaired) electrons. The van der Waals surface area contributed by atoms with Gasteiger partial charge in [0.1, 0.15) is 0 Å². The van der Waals surface area contributed by atoms with E-state index >= 15 is 0 Å². The maximum atomic E-state index is 3.40. The van der Waals surface area contributed by atoms with E-state index in [1.807, 2.05) is 11.9 Å². The molecule has 0 amide bonds. The van der Waals surface area contributed by atoms with Crippen LogP contribution >= 0.6 is 11.9 Å². The van der Waals surface area contributed by atoms with Gasteiger partial charge in [-0.2, -0.15) is 0 Å². The molecule has 0 saturated heterocycles. The van der Waals surface area contributed by atoms with Crippen LogP contribution in [0.1, 0.15) is 40.0 Å². The summed E-state index contributed by atoms with van der Waals surface area (Å²) in [5.41, 5.74) is 0. The molecule has 0 aromatic rings. The van der Waals surface area contributed by atoms with Crippen molar-refractivity contribution >= 4 is 11.9 Å². The first kappa shape index (κ1) is 10.3. The summed E-state index contributed by atoms with van der Waals surface area (Å²) in [5, 5.41) is 0. The van der Waals surface area contributed by atoms with Gasteiger partial charge in [0.15, 0.2) is 0 Å². The van der Waals surface area contributed by atoms with E-state index < -0.39 is 0 Å². The Morgan fingerprint density at radius 1 is 1.30 bits per heavy atom. The van der Waals surface area contributed by atoms with Crippen LogP contribution in [0.3, 0.4) is 0 Å². The van der Waals surface area contributed by atoms with Gasteiger partial charge in [-0.1, -0.05) is 32.2 Å². The fourth-order valence-electron chi connectivity index (χ4n) is 0.795. The molecule has 0 saturated carbocycles. The topological polar surface area (TPSA) is 12.0 Å². The third-order valence-corrected chi connectivity index (χ3v) is 2.49. The number of hydrogen-bond acceptors (Lipinski definition) is 2. The second-order valence-corrected chi connectivity index (χ2v) is 3.59. The minimum Gasteiger partial charge on any atom is -0.261 e. The lowest BCUT2D eigenvalue weighted by Gasteiger charge is -2.10. The fraction of sp³-hybridized carbons (Fsp3) is 1.00. The molecule has 1 nitrogen and oxygen atoms in total. The third-order valence-electron chi connectivity index (χ3n) is 1.31. The summed E-state index contributed by atoms with van der Waals surface area (Å²) >= 11 is 1.85. The van der Waals surface area contributed by atoms with Crippen LogP contribution in [0, 0.1) is 0 Å². The quantitative estimate of drug-likeness (QED) is 0.475. The van der Waals surface area contributed by atoms with Crippen LogP contribution in [0.5, 0.6) is 0 Å². The van der Waals surface area contributed by atoms with E-state index in [2.05, 4.69) is 25.5 Å². The van der Waals surface area contributed by atoms with Gasteiger partial charge in [-0.25, -0.2) is 0 Å². The predicted octanol–water partition coefficient (Wildman–Crippen LogP) is 2.82. The van der Waals surface area contributed by atoms with Gasteiger partial charge in [0.05, 0.1) is 0 Å². The molecule has 0 heterocycles. The molecule has 0 fully saturated rings. The lowest BCUT2D eigenvalue weighted by atomic mass is 10.2. The molecule has 0 aromatic carbocycles. The summed E-state index contributed by atoms with van der Waals surface area (Å²) in [6, 6.07) is 0.682. The summed E-state index contributed by atoms with van der Waals surface area (Å²) in [6.45, 7) is 6.67. The van der Waals surface area contributed by atoms with E-state index in [-0.39, 0.29) is 0 Å². The second-order valence-electron chi connectivity index (χ2n) is 2.66. The van der Waals surface area contributed by atoms with Crippen molar-refractivity contribution in [2.24, 2.45) is 0 Å². The van der Waals surface area contributed by atoms with Gasteiger partial charge in [-0.3, -0.25) is 4.72 Å². The maximum absolute atomic E-state index is 3.40. The predicted molar refractivity (Wildman–Crippen MR) is 50.3 cm³/mol. The highest BCUT2D eigenvalue weighted by atomic mass is 32.2. The first-order chi connectivity index (χ1) is 4.81. The molecule has 0 bridgehead atoms. The zero-order valence-electron chi connectivity index (χ0n) is 7.31. The highest BCUT2D eigenvalue weighted by Crippen LogP contribution is 2.02. The van der Waals surface area contributed by atoms with Gasteiger partial charge in [-0.15, -0.1) is 0 Å². The van der Waals surface area contributed by atoms with Crippen LogP contribution < -0.4 is 4.72 Å². The monoisotopic (exact) mass is 161 g/mol. The average Bonchev–Trinajstić information content (AvgIpc) is 1.89. The molecule has 10 heavy (non-hydrogen) atoms. The van der Waals surface area contributed by atoms with Crippen LogP contribution in [-0.4, -0.2) is 11.8 Å². The normalized spacial score (nSPS) is 13.5. The summed E-state index contributed by atoms with van der Waals surface area (Å²) in [4.78, 5) is 0. The Balaban J connectivity index is 2.97. The standard InChI is InChI=1S/C8H19NS/c1-4-6-8(3)9-10-7-5-2/h8-9H,4-7H2,1-3H3. The fourth-order valence-corrected chi connectivity index (χ4v) is 1.52. The van der Waals surface area contributed by atoms with E-state index in [0.29, 0.717) is 6.04 Å². The van der Waals surface area contributed by atoms with E-state index in [9.17, 15) is 0 Å². The van der Waals surface area contributed by atoms with E-state index in [0.717, 1.165) is 0 Å². The van der Waals surface area contributed by atoms with Crippen molar-refractivity contribution in [3.05, 3.63) is 0 Å². The number of nitrogens with one attached hydrogen (secondary N) is 1. The molecule has 0 aliphatic rings. The summed E-state index contributed by atoms with van der Waals surface area (Å²) in [6.07, 6.45) is 3.83. The van der Waals surface area contributed by atoms with E-state index in [4.69, 9.17) is 0 Å². The van der Waals surface area contributed by atoms with Crippen molar-refractivity contribution in [1.29, 1.82) is 0 Å². The Morgan fingerprint density at radius 2 is 2.00 bits per heavy atom. The van der Waals surface area contributed by atoms with Crippen molar-refractivity contribution in [1.82, 2.24) is 4.72 Å². The van der Waals surface area contributed by atoms with Crippen molar-refractivity contribution in [3.8, 4) is 0 Å². The van der Waals surface area contributed by atoms with Crippen LogP contribution in [0.15, 0.2) is 0 Å². The minimum atomic E-state index is 0.682. The Kier molecular flexibility index (Phi) is 7.65. The van der Waals surface area contributed by atoms with Crippen LogP contribution in [0.4, 0.5) is 0 Å². The molecule has 1 unspecified atom stereocenters. The summed E-state index contributed by atoms with van der Waals surface area (Å²) in [5.74, 6) is 1.23. The molecule has 2 heteroatoms. The van der Waals surface area contributed by atoms with Crippen molar-refractivity contribution in [2.45, 2.75) is 46.1 Å². The lowest BCUT2D eigenvalue weighted by molar-refractivity contribution is 0.617. The number of rotatable bonds is 6. The van der Waals surface area contributed by atoms with Gasteiger partial charge >= 0.3 is 0 Å². The van der Waals surface area contributed by atoms with E-state index in [1.54, 1.807) is 0 Å². The summed E-state index contributed by atoms with van der Waals surface area (Å²) in [7, 11) is 0. The van der Waals surface area contributed by atoms with Crippen molar-refractivity contribution < 1.29 is 0 Å². The highest BCUT2D eigenvalue weighted by Gasteiger charge is 1.96. The van der Waals surface area contributed by atoms with Crippen LogP contribution in [0.25, 0.3) is 0 Å². The molecule has 62 valence electrons. The average molecular weight is 161 g/mol. The minimum absolute atomic E-state index is 0.682. The Morgan fingerprint density at radius 3 is 2.50 bits per heavy atom. The van der Waals surface area contributed by atoms with Gasteiger partial charge < -0.3 is 0 Å². The van der Waals surface area contributed by atoms with Crippen LogP contribution in [-0.2, 0) is 0 Å². The Bertz CT molecular complexity index is 66.3. The molecule has 1 N–H and O–H groups in total. The maximum Gasteiger partial charge on any atom is 0.0143 e. The molecular formula is C8H19NS. The van der Waals surface area contributed by atoms with Gasteiger partial charge in [-0.05, 0) is 19.8 Å². The largest absolute Gasteiger partial charge is 0.261 e. The van der Waals surface area contributed by atoms with Crippen molar-refractivity contribution in [2.75, 3.05) is 5.75 Å². The molecule has 1 atom stereocenters. The third kappa shape index (κ3) is 6.43. The second kappa shape index (κ2) is 7.42. The highest BCUT2D eigenvalue weighted by molar-refractivity contribution is 7.97. The smallest absolute Gasteiger partial charge is 0.0143 e. The molecule has 0 aliphatic carbocycles. The molecular weight excluding hydrogens is 142 g/mol. The first-order valence-electron chi connectivity index (χ1n) is 4.18. The lowest BCUT2D eigenvalue weighted by Crippen LogP contribution is -2.18. The SMILES string of the molecule is CCCSNC(C)CCC. The zero-order chi connectivity index (χ0) is 7.82. The summed E-state index contributed by atoms with van der Waals surface area (Å²) < 4.78 is 3.40. The van der Waals surface area contributed by atoms with Gasteiger partial charge in [0.25, 0.3) is 0 Å². The molecule has 0 rings (SSSR count). The van der Waals surface area contributed by atoms with E-state index in [1.165, 1.54) is 25.0 Å². The molecule has 0 spiro atoms. The van der Waals surface area contributed by atoms with Gasteiger partial charge in [0.2, 0.25) is 0 Å².